The average Bonchev–Trinajstić information content (AvgIpc) is 2.67. The fourth-order valence-corrected chi connectivity index (χ4v) is 3.29. The Hall–Kier alpha value is -2.86. The molecule has 0 aliphatic carbocycles. The second-order valence-corrected chi connectivity index (χ2v) is 6.98. The molecule has 3 aromatic rings. The maximum Gasteiger partial charge on any atom is 0.416 e. The lowest BCUT2D eigenvalue weighted by molar-refractivity contribution is -0.890. The van der Waals surface area contributed by atoms with E-state index in [1.807, 2.05) is 50.5 Å². The molecule has 1 amide bonds. The number of fused-ring (bicyclic) bond motifs is 1. The molecule has 0 bridgehead atoms. The molecule has 3 nitrogen and oxygen atoms in total. The molecule has 3 aromatic carbocycles. The number of nitrogens with one attached hydrogen (secondary N) is 2. The summed E-state index contributed by atoms with van der Waals surface area (Å²) in [6, 6.07) is 18.4. The summed E-state index contributed by atoms with van der Waals surface area (Å²) in [6.45, 7) is 0.371. The normalized spacial score (nSPS) is 12.9. The molecule has 0 aromatic heterocycles. The first-order valence-corrected chi connectivity index (χ1v) is 9.00. The Balaban J connectivity index is 1.77. The first-order chi connectivity index (χ1) is 13.3. The van der Waals surface area contributed by atoms with Gasteiger partial charge in [-0.05, 0) is 35.0 Å². The molecule has 0 radical (unpaired) electrons. The second kappa shape index (κ2) is 8.02. The number of alkyl halides is 3. The highest BCUT2D eigenvalue weighted by Crippen LogP contribution is 2.29. The maximum atomic E-state index is 12.7. The molecule has 2 N–H and O–H groups in total. The molecule has 0 aliphatic rings. The molecule has 0 spiro atoms. The van der Waals surface area contributed by atoms with E-state index in [-0.39, 0.29) is 17.5 Å². The number of amides is 1. The number of carbonyl (C=O) groups is 1. The SMILES string of the molecule is C[NH+](C)[C@@H](CNC(=O)c1ccc(C(F)(F)F)cc1)c1cccc2ccccc12. The number of likely N-dealkylation sites (N-methyl/N-ethyl adjacent to an activating group) is 1. The van der Waals surface area contributed by atoms with Gasteiger partial charge in [-0.3, -0.25) is 4.79 Å². The van der Waals surface area contributed by atoms with Crippen LogP contribution in [0.5, 0.6) is 0 Å². The van der Waals surface area contributed by atoms with E-state index >= 15 is 0 Å². The lowest BCUT2D eigenvalue weighted by Crippen LogP contribution is -3.07. The van der Waals surface area contributed by atoms with Gasteiger partial charge in [-0.2, -0.15) is 13.2 Å². The van der Waals surface area contributed by atoms with Crippen molar-refractivity contribution in [3.8, 4) is 0 Å². The summed E-state index contributed by atoms with van der Waals surface area (Å²) in [5, 5.41) is 5.11. The van der Waals surface area contributed by atoms with Gasteiger partial charge >= 0.3 is 6.18 Å². The molecule has 0 heterocycles. The predicted molar refractivity (Wildman–Crippen MR) is 103 cm³/mol. The molecule has 0 aliphatic heterocycles. The largest absolute Gasteiger partial charge is 0.416 e. The number of quaternary nitrogens is 1. The fraction of sp³-hybridized carbons (Fsp3) is 0.227. The van der Waals surface area contributed by atoms with E-state index in [0.29, 0.717) is 6.54 Å². The van der Waals surface area contributed by atoms with Crippen LogP contribution in [0.1, 0.15) is 27.5 Å². The molecule has 28 heavy (non-hydrogen) atoms. The van der Waals surface area contributed by atoms with Gasteiger partial charge in [0.15, 0.2) is 0 Å². The van der Waals surface area contributed by atoms with Gasteiger partial charge in [0.25, 0.3) is 5.91 Å². The van der Waals surface area contributed by atoms with Crippen molar-refractivity contribution >= 4 is 16.7 Å². The van der Waals surface area contributed by atoms with Gasteiger partial charge in [-0.1, -0.05) is 42.5 Å². The van der Waals surface area contributed by atoms with Crippen LogP contribution in [0.15, 0.2) is 66.7 Å². The van der Waals surface area contributed by atoms with Crippen molar-refractivity contribution in [3.63, 3.8) is 0 Å². The summed E-state index contributed by atoms with van der Waals surface area (Å²) in [7, 11) is 4.02. The summed E-state index contributed by atoms with van der Waals surface area (Å²) in [4.78, 5) is 13.6. The molecular weight excluding hydrogens is 365 g/mol. The van der Waals surface area contributed by atoms with E-state index in [1.54, 1.807) is 0 Å². The molecule has 6 heteroatoms. The zero-order valence-corrected chi connectivity index (χ0v) is 15.7. The number of hydrogen-bond donors (Lipinski definition) is 2. The summed E-state index contributed by atoms with van der Waals surface area (Å²) >= 11 is 0. The van der Waals surface area contributed by atoms with Crippen LogP contribution in [-0.2, 0) is 6.18 Å². The van der Waals surface area contributed by atoms with Crippen molar-refractivity contribution < 1.29 is 22.9 Å². The van der Waals surface area contributed by atoms with E-state index in [4.69, 9.17) is 0 Å². The van der Waals surface area contributed by atoms with Crippen molar-refractivity contribution in [2.45, 2.75) is 12.2 Å². The lowest BCUT2D eigenvalue weighted by Gasteiger charge is -2.23. The van der Waals surface area contributed by atoms with E-state index in [1.165, 1.54) is 12.1 Å². The van der Waals surface area contributed by atoms with Crippen LogP contribution in [0.25, 0.3) is 10.8 Å². The predicted octanol–water partition coefficient (Wildman–Crippen LogP) is 3.47. The highest BCUT2D eigenvalue weighted by Gasteiger charge is 2.30. The number of hydrogen-bond acceptors (Lipinski definition) is 1. The summed E-state index contributed by atoms with van der Waals surface area (Å²) in [5.41, 5.74) is 0.555. The third-order valence-corrected chi connectivity index (χ3v) is 4.84. The van der Waals surface area contributed by atoms with Crippen molar-refractivity contribution in [3.05, 3.63) is 83.4 Å². The van der Waals surface area contributed by atoms with Crippen LogP contribution in [0.4, 0.5) is 13.2 Å². The minimum absolute atomic E-state index is 0.00417. The average molecular weight is 387 g/mol. The Kier molecular flexibility index (Phi) is 5.70. The summed E-state index contributed by atoms with van der Waals surface area (Å²) in [5.74, 6) is -0.389. The van der Waals surface area contributed by atoms with Gasteiger partial charge in [-0.15, -0.1) is 0 Å². The standard InChI is InChI=1S/C22H21F3N2O/c1-27(2)20(19-9-5-7-15-6-3-4-8-18(15)19)14-26-21(28)16-10-12-17(13-11-16)22(23,24)25/h3-13,20H,14H2,1-2H3,(H,26,28)/p+1/t20-/m0/s1. The molecule has 146 valence electrons. The van der Waals surface area contributed by atoms with Crippen LogP contribution in [0.3, 0.4) is 0 Å². The first kappa shape index (κ1) is 19.9. The summed E-state index contributed by atoms with van der Waals surface area (Å²) in [6.07, 6.45) is -4.41. The highest BCUT2D eigenvalue weighted by molar-refractivity contribution is 5.94. The molecule has 3 rings (SSSR count). The third-order valence-electron chi connectivity index (χ3n) is 4.84. The van der Waals surface area contributed by atoms with E-state index in [0.717, 1.165) is 33.4 Å². The van der Waals surface area contributed by atoms with Crippen LogP contribution in [-0.4, -0.2) is 26.5 Å². The zero-order valence-electron chi connectivity index (χ0n) is 15.7. The van der Waals surface area contributed by atoms with Crippen LogP contribution in [0.2, 0.25) is 0 Å². The van der Waals surface area contributed by atoms with Gasteiger partial charge in [0.2, 0.25) is 0 Å². The van der Waals surface area contributed by atoms with E-state index in [2.05, 4.69) is 11.4 Å². The Morgan fingerprint density at radius 3 is 2.25 bits per heavy atom. The Morgan fingerprint density at radius 1 is 0.964 bits per heavy atom. The van der Waals surface area contributed by atoms with Gasteiger partial charge in [-0.25, -0.2) is 0 Å². The Labute approximate surface area is 161 Å². The van der Waals surface area contributed by atoms with Crippen LogP contribution in [0, 0.1) is 0 Å². The topological polar surface area (TPSA) is 33.5 Å². The molecule has 0 saturated heterocycles. The van der Waals surface area contributed by atoms with Gasteiger partial charge < -0.3 is 10.2 Å². The van der Waals surface area contributed by atoms with Crippen molar-refractivity contribution in [2.75, 3.05) is 20.6 Å². The van der Waals surface area contributed by atoms with Gasteiger partial charge in [0, 0.05) is 11.1 Å². The molecule has 0 unspecified atom stereocenters. The maximum absolute atomic E-state index is 12.7. The Morgan fingerprint density at radius 2 is 1.61 bits per heavy atom. The van der Waals surface area contributed by atoms with Crippen LogP contribution >= 0.6 is 0 Å². The number of rotatable bonds is 5. The molecule has 1 atom stereocenters. The number of halogens is 3. The minimum atomic E-state index is -4.41. The van der Waals surface area contributed by atoms with Crippen molar-refractivity contribution in [2.24, 2.45) is 0 Å². The monoisotopic (exact) mass is 387 g/mol. The van der Waals surface area contributed by atoms with Crippen LogP contribution < -0.4 is 10.2 Å². The van der Waals surface area contributed by atoms with E-state index < -0.39 is 11.7 Å². The summed E-state index contributed by atoms with van der Waals surface area (Å²) < 4.78 is 38.0. The smallest absolute Gasteiger partial charge is 0.346 e. The molecule has 0 fully saturated rings. The highest BCUT2D eigenvalue weighted by atomic mass is 19.4. The van der Waals surface area contributed by atoms with Gasteiger partial charge in [0.1, 0.15) is 6.04 Å². The second-order valence-electron chi connectivity index (χ2n) is 6.98. The number of carbonyl (C=O) groups excluding carboxylic acids is 1. The van der Waals surface area contributed by atoms with Crippen molar-refractivity contribution in [1.82, 2.24) is 5.32 Å². The van der Waals surface area contributed by atoms with Gasteiger partial charge in [0.05, 0.1) is 26.2 Å². The molecule has 0 saturated carbocycles. The Bertz CT molecular complexity index is 960. The van der Waals surface area contributed by atoms with Crippen molar-refractivity contribution in [1.29, 1.82) is 0 Å². The number of benzene rings is 3. The fourth-order valence-electron chi connectivity index (χ4n) is 3.29. The first-order valence-electron chi connectivity index (χ1n) is 9.00. The lowest BCUT2D eigenvalue weighted by atomic mass is 9.98. The zero-order chi connectivity index (χ0) is 20.3. The molecular formula is C22H22F3N2O+. The quantitative estimate of drug-likeness (QED) is 0.691. The minimum Gasteiger partial charge on any atom is -0.346 e. The van der Waals surface area contributed by atoms with E-state index in [9.17, 15) is 18.0 Å². The third kappa shape index (κ3) is 4.34.